The summed E-state index contributed by atoms with van der Waals surface area (Å²) < 4.78 is 5.35. The summed E-state index contributed by atoms with van der Waals surface area (Å²) in [6.07, 6.45) is 3.61. The van der Waals surface area contributed by atoms with Gasteiger partial charge in [-0.1, -0.05) is 29.8 Å². The van der Waals surface area contributed by atoms with E-state index in [0.29, 0.717) is 10.8 Å². The lowest BCUT2D eigenvalue weighted by Gasteiger charge is -2.26. The number of hydrogen-bond donors (Lipinski definition) is 2. The van der Waals surface area contributed by atoms with Crippen LogP contribution in [0.15, 0.2) is 47.1 Å². The van der Waals surface area contributed by atoms with E-state index in [1.807, 2.05) is 18.2 Å². The highest BCUT2D eigenvalue weighted by molar-refractivity contribution is 6.31. The molecule has 1 aromatic carbocycles. The Bertz CT molecular complexity index is 652. The van der Waals surface area contributed by atoms with Gasteiger partial charge in [0.1, 0.15) is 11.4 Å². The van der Waals surface area contributed by atoms with Gasteiger partial charge in [-0.05, 0) is 42.5 Å². The van der Waals surface area contributed by atoms with E-state index >= 15 is 0 Å². The van der Waals surface area contributed by atoms with Gasteiger partial charge in [-0.2, -0.15) is 0 Å². The van der Waals surface area contributed by atoms with Gasteiger partial charge >= 0.3 is 0 Å². The van der Waals surface area contributed by atoms with Crippen molar-refractivity contribution in [1.82, 2.24) is 5.32 Å². The standard InChI is InChI=1S/C17H18ClNO3/c18-14-5-2-1-4-12(14)10-16(20)19-11-17(21,13-7-8-13)15-6-3-9-22-15/h1-6,9,13,21H,7-8,10-11H2,(H,19,20). The number of halogens is 1. The van der Waals surface area contributed by atoms with Crippen molar-refractivity contribution in [3.63, 3.8) is 0 Å². The summed E-state index contributed by atoms with van der Waals surface area (Å²) in [7, 11) is 0. The monoisotopic (exact) mass is 319 g/mol. The van der Waals surface area contributed by atoms with E-state index in [-0.39, 0.29) is 24.8 Å². The first kappa shape index (κ1) is 15.1. The summed E-state index contributed by atoms with van der Waals surface area (Å²) >= 11 is 6.06. The predicted octanol–water partition coefficient (Wildman–Crippen LogP) is 2.89. The van der Waals surface area contributed by atoms with Crippen LogP contribution in [0.1, 0.15) is 24.2 Å². The van der Waals surface area contributed by atoms with E-state index in [0.717, 1.165) is 18.4 Å². The Morgan fingerprint density at radius 3 is 2.73 bits per heavy atom. The molecule has 0 aliphatic heterocycles. The first-order valence-electron chi connectivity index (χ1n) is 7.36. The number of rotatable bonds is 6. The molecule has 1 fully saturated rings. The SMILES string of the molecule is O=C(Cc1ccccc1Cl)NCC(O)(c1ccco1)C1CC1. The molecular formula is C17H18ClNO3. The lowest BCUT2D eigenvalue weighted by Crippen LogP contribution is -2.42. The molecule has 0 bridgehead atoms. The zero-order valence-electron chi connectivity index (χ0n) is 12.1. The third kappa shape index (κ3) is 3.18. The molecule has 1 aromatic heterocycles. The number of benzene rings is 1. The molecule has 4 nitrogen and oxygen atoms in total. The average molecular weight is 320 g/mol. The number of furan rings is 1. The molecule has 1 heterocycles. The van der Waals surface area contributed by atoms with Crippen molar-refractivity contribution in [3.05, 3.63) is 59.0 Å². The van der Waals surface area contributed by atoms with Crippen LogP contribution in [-0.2, 0) is 16.8 Å². The molecule has 2 N–H and O–H groups in total. The first-order valence-corrected chi connectivity index (χ1v) is 7.74. The fourth-order valence-electron chi connectivity index (χ4n) is 2.63. The number of amides is 1. The molecule has 1 unspecified atom stereocenters. The van der Waals surface area contributed by atoms with Gasteiger partial charge < -0.3 is 14.8 Å². The second kappa shape index (κ2) is 6.15. The molecule has 3 rings (SSSR count). The maximum atomic E-state index is 12.1. The second-order valence-corrected chi connectivity index (χ2v) is 6.13. The van der Waals surface area contributed by atoms with Gasteiger partial charge in [-0.25, -0.2) is 0 Å². The average Bonchev–Trinajstić information content (AvgIpc) is 3.22. The Balaban J connectivity index is 1.63. The van der Waals surface area contributed by atoms with Crippen LogP contribution in [0, 0.1) is 5.92 Å². The normalized spacial score (nSPS) is 17.0. The van der Waals surface area contributed by atoms with Crippen LogP contribution >= 0.6 is 11.6 Å². The fraction of sp³-hybridized carbons (Fsp3) is 0.353. The van der Waals surface area contributed by atoms with E-state index in [1.165, 1.54) is 6.26 Å². The third-order valence-corrected chi connectivity index (χ3v) is 4.43. The Hall–Kier alpha value is -1.78. The fourth-order valence-corrected chi connectivity index (χ4v) is 2.83. The number of hydrogen-bond acceptors (Lipinski definition) is 3. The van der Waals surface area contributed by atoms with Crippen molar-refractivity contribution in [2.24, 2.45) is 5.92 Å². The molecule has 1 saturated carbocycles. The van der Waals surface area contributed by atoms with Crippen LogP contribution in [0.2, 0.25) is 5.02 Å². The van der Waals surface area contributed by atoms with Gasteiger partial charge in [0.25, 0.3) is 0 Å². The largest absolute Gasteiger partial charge is 0.466 e. The van der Waals surface area contributed by atoms with Crippen LogP contribution < -0.4 is 5.32 Å². The van der Waals surface area contributed by atoms with Crippen LogP contribution in [-0.4, -0.2) is 17.6 Å². The molecule has 2 aromatic rings. The zero-order valence-corrected chi connectivity index (χ0v) is 12.8. The predicted molar refractivity (Wildman–Crippen MR) is 83.5 cm³/mol. The molecule has 0 saturated heterocycles. The molecule has 5 heteroatoms. The lowest BCUT2D eigenvalue weighted by atomic mass is 9.94. The molecule has 0 radical (unpaired) electrons. The van der Waals surface area contributed by atoms with Crippen LogP contribution in [0.25, 0.3) is 0 Å². The maximum absolute atomic E-state index is 12.1. The minimum Gasteiger partial charge on any atom is -0.466 e. The Kier molecular flexibility index (Phi) is 4.23. The summed E-state index contributed by atoms with van der Waals surface area (Å²) in [5.74, 6) is 0.478. The highest BCUT2D eigenvalue weighted by Crippen LogP contribution is 2.45. The van der Waals surface area contributed by atoms with Crippen molar-refractivity contribution in [1.29, 1.82) is 0 Å². The van der Waals surface area contributed by atoms with Crippen molar-refractivity contribution in [3.8, 4) is 0 Å². The number of nitrogens with one attached hydrogen (secondary N) is 1. The van der Waals surface area contributed by atoms with Crippen molar-refractivity contribution in [2.45, 2.75) is 24.9 Å². The highest BCUT2D eigenvalue weighted by atomic mass is 35.5. The van der Waals surface area contributed by atoms with Gasteiger partial charge in [0, 0.05) is 5.02 Å². The number of carbonyl (C=O) groups excluding carboxylic acids is 1. The Labute approximate surface area is 134 Å². The van der Waals surface area contributed by atoms with Crippen molar-refractivity contribution < 1.29 is 14.3 Å². The van der Waals surface area contributed by atoms with E-state index < -0.39 is 5.60 Å². The van der Waals surface area contributed by atoms with Crippen molar-refractivity contribution in [2.75, 3.05) is 6.54 Å². The molecule has 1 atom stereocenters. The van der Waals surface area contributed by atoms with Gasteiger partial charge in [-0.3, -0.25) is 4.79 Å². The molecule has 116 valence electrons. The summed E-state index contributed by atoms with van der Waals surface area (Å²) in [4.78, 5) is 12.1. The second-order valence-electron chi connectivity index (χ2n) is 5.72. The smallest absolute Gasteiger partial charge is 0.224 e. The molecule has 22 heavy (non-hydrogen) atoms. The zero-order chi connectivity index (χ0) is 15.6. The number of aliphatic hydroxyl groups is 1. The van der Waals surface area contributed by atoms with Crippen LogP contribution in [0.4, 0.5) is 0 Å². The summed E-state index contributed by atoms with van der Waals surface area (Å²) in [6, 6.07) is 10.7. The van der Waals surface area contributed by atoms with Gasteiger partial charge in [-0.15, -0.1) is 0 Å². The van der Waals surface area contributed by atoms with Crippen LogP contribution in [0.3, 0.4) is 0 Å². The van der Waals surface area contributed by atoms with Gasteiger partial charge in [0.05, 0.1) is 19.2 Å². The summed E-state index contributed by atoms with van der Waals surface area (Å²) in [5.41, 5.74) is -0.353. The summed E-state index contributed by atoms with van der Waals surface area (Å²) in [6.45, 7) is 0.147. The Morgan fingerprint density at radius 2 is 2.09 bits per heavy atom. The van der Waals surface area contributed by atoms with Crippen LogP contribution in [0.5, 0.6) is 0 Å². The minimum atomic E-state index is -1.13. The molecule has 0 spiro atoms. The van der Waals surface area contributed by atoms with Gasteiger partial charge in [0.15, 0.2) is 0 Å². The maximum Gasteiger partial charge on any atom is 0.224 e. The summed E-state index contributed by atoms with van der Waals surface area (Å²) in [5, 5.41) is 14.2. The number of carbonyl (C=O) groups is 1. The van der Waals surface area contributed by atoms with E-state index in [9.17, 15) is 9.90 Å². The highest BCUT2D eigenvalue weighted by Gasteiger charge is 2.47. The molecular weight excluding hydrogens is 302 g/mol. The van der Waals surface area contributed by atoms with Gasteiger partial charge in [0.2, 0.25) is 5.91 Å². The third-order valence-electron chi connectivity index (χ3n) is 4.06. The first-order chi connectivity index (χ1) is 10.6. The van der Waals surface area contributed by atoms with E-state index in [1.54, 1.807) is 18.2 Å². The molecule has 1 aliphatic rings. The van der Waals surface area contributed by atoms with E-state index in [2.05, 4.69) is 5.32 Å². The van der Waals surface area contributed by atoms with E-state index in [4.69, 9.17) is 16.0 Å². The quantitative estimate of drug-likeness (QED) is 0.860. The molecule has 1 amide bonds. The minimum absolute atomic E-state index is 0.138. The Morgan fingerprint density at radius 1 is 1.32 bits per heavy atom. The molecule has 1 aliphatic carbocycles. The topological polar surface area (TPSA) is 62.5 Å². The van der Waals surface area contributed by atoms with Crippen molar-refractivity contribution >= 4 is 17.5 Å². The lowest BCUT2D eigenvalue weighted by molar-refractivity contribution is -0.122.